The number of benzene rings is 1. The summed E-state index contributed by atoms with van der Waals surface area (Å²) in [5, 5.41) is 5.88. The summed E-state index contributed by atoms with van der Waals surface area (Å²) in [6, 6.07) is 4.47. The molecule has 5 nitrogen and oxygen atoms in total. The quantitative estimate of drug-likeness (QED) is 0.828. The van der Waals surface area contributed by atoms with E-state index in [1.165, 1.54) is 0 Å². The Morgan fingerprint density at radius 2 is 1.95 bits per heavy atom. The normalized spacial score (nSPS) is 14.2. The lowest BCUT2D eigenvalue weighted by molar-refractivity contribution is 0.244. The van der Waals surface area contributed by atoms with E-state index in [4.69, 9.17) is 11.6 Å². The molecule has 0 aliphatic rings. The third-order valence-electron chi connectivity index (χ3n) is 3.56. The summed E-state index contributed by atoms with van der Waals surface area (Å²) in [7, 11) is -3.14. The molecule has 124 valence electrons. The van der Waals surface area contributed by atoms with Crippen LogP contribution in [-0.4, -0.2) is 26.7 Å². The Balaban J connectivity index is 2.80. The third-order valence-corrected chi connectivity index (χ3v) is 4.75. The van der Waals surface area contributed by atoms with E-state index in [0.717, 1.165) is 12.7 Å². The van der Waals surface area contributed by atoms with Gasteiger partial charge in [0.15, 0.2) is 9.84 Å². The predicted octanol–water partition coefficient (Wildman–Crippen LogP) is 3.44. The van der Waals surface area contributed by atoms with Crippen LogP contribution in [0.2, 0.25) is 5.02 Å². The fraction of sp³-hybridized carbons (Fsp3) is 0.533. The zero-order chi connectivity index (χ0) is 16.9. The minimum Gasteiger partial charge on any atom is -0.335 e. The SMILES string of the molecule is CC[C@@H](C)[C@H](C)NC(=O)Nc1cc(CS(C)(=O)=O)ccc1Cl. The second-order valence-electron chi connectivity index (χ2n) is 5.66. The van der Waals surface area contributed by atoms with Gasteiger partial charge in [0.2, 0.25) is 0 Å². The average Bonchev–Trinajstić information content (AvgIpc) is 2.39. The van der Waals surface area contributed by atoms with Crippen molar-refractivity contribution in [2.75, 3.05) is 11.6 Å². The lowest BCUT2D eigenvalue weighted by Crippen LogP contribution is -2.39. The highest BCUT2D eigenvalue weighted by Crippen LogP contribution is 2.24. The molecule has 0 aliphatic heterocycles. The predicted molar refractivity (Wildman–Crippen MR) is 91.1 cm³/mol. The number of amides is 2. The van der Waals surface area contributed by atoms with Crippen molar-refractivity contribution >= 4 is 33.2 Å². The van der Waals surface area contributed by atoms with Crippen molar-refractivity contribution < 1.29 is 13.2 Å². The van der Waals surface area contributed by atoms with E-state index in [9.17, 15) is 13.2 Å². The van der Waals surface area contributed by atoms with Crippen LogP contribution in [0.4, 0.5) is 10.5 Å². The van der Waals surface area contributed by atoms with E-state index in [1.807, 2.05) is 6.92 Å². The molecule has 2 amide bonds. The molecule has 2 N–H and O–H groups in total. The van der Waals surface area contributed by atoms with Crippen molar-refractivity contribution in [1.82, 2.24) is 5.32 Å². The molecule has 1 aromatic rings. The minimum atomic E-state index is -3.14. The average molecular weight is 347 g/mol. The first-order valence-electron chi connectivity index (χ1n) is 7.16. The van der Waals surface area contributed by atoms with Gasteiger partial charge < -0.3 is 10.6 Å². The van der Waals surface area contributed by atoms with Crippen molar-refractivity contribution in [3.63, 3.8) is 0 Å². The number of halogens is 1. The first-order chi connectivity index (χ1) is 10.1. The summed E-state index contributed by atoms with van der Waals surface area (Å²) in [5.74, 6) is 0.266. The van der Waals surface area contributed by atoms with Crippen LogP contribution >= 0.6 is 11.6 Å². The zero-order valence-electron chi connectivity index (χ0n) is 13.3. The number of nitrogens with one attached hydrogen (secondary N) is 2. The Labute approximate surface area is 137 Å². The van der Waals surface area contributed by atoms with Crippen LogP contribution in [0, 0.1) is 5.92 Å². The van der Waals surface area contributed by atoms with Crippen molar-refractivity contribution in [3.8, 4) is 0 Å². The number of carbonyl (C=O) groups is 1. The molecule has 0 aliphatic carbocycles. The van der Waals surface area contributed by atoms with Gasteiger partial charge in [-0.05, 0) is 30.5 Å². The van der Waals surface area contributed by atoms with Crippen molar-refractivity contribution in [3.05, 3.63) is 28.8 Å². The molecule has 0 saturated carbocycles. The first-order valence-corrected chi connectivity index (χ1v) is 9.60. The van der Waals surface area contributed by atoms with Gasteiger partial charge in [-0.2, -0.15) is 0 Å². The Kier molecular flexibility index (Phi) is 6.68. The molecule has 1 aromatic carbocycles. The van der Waals surface area contributed by atoms with Crippen molar-refractivity contribution in [2.24, 2.45) is 5.92 Å². The van der Waals surface area contributed by atoms with E-state index in [0.29, 0.717) is 22.2 Å². The monoisotopic (exact) mass is 346 g/mol. The molecule has 0 spiro atoms. The maximum Gasteiger partial charge on any atom is 0.319 e. The van der Waals surface area contributed by atoms with Crippen LogP contribution in [0.5, 0.6) is 0 Å². The van der Waals surface area contributed by atoms with E-state index in [-0.39, 0.29) is 17.8 Å². The Morgan fingerprint density at radius 1 is 1.32 bits per heavy atom. The molecule has 0 aromatic heterocycles. The number of anilines is 1. The van der Waals surface area contributed by atoms with Crippen molar-refractivity contribution in [2.45, 2.75) is 39.0 Å². The highest BCUT2D eigenvalue weighted by atomic mass is 35.5. The molecule has 1 rings (SSSR count). The van der Waals surface area contributed by atoms with Gasteiger partial charge in [-0.25, -0.2) is 13.2 Å². The summed E-state index contributed by atoms with van der Waals surface area (Å²) >= 11 is 6.05. The summed E-state index contributed by atoms with van der Waals surface area (Å²) in [6.07, 6.45) is 2.13. The van der Waals surface area contributed by atoms with Gasteiger partial charge in [0, 0.05) is 12.3 Å². The molecule has 0 saturated heterocycles. The Hall–Kier alpha value is -1.27. The minimum absolute atomic E-state index is 0.0305. The van der Waals surface area contributed by atoms with Gasteiger partial charge >= 0.3 is 6.03 Å². The van der Waals surface area contributed by atoms with E-state index in [1.54, 1.807) is 18.2 Å². The molecule has 0 bridgehead atoms. The molecular weight excluding hydrogens is 324 g/mol. The standard InChI is InChI=1S/C15H23ClN2O3S/c1-5-10(2)11(3)17-15(19)18-14-8-12(6-7-13(14)16)9-22(4,20)21/h6-8,10-11H,5,9H2,1-4H3,(H2,17,18,19)/t10-,11+/m1/s1. The van der Waals surface area contributed by atoms with Crippen LogP contribution in [0.3, 0.4) is 0 Å². The zero-order valence-corrected chi connectivity index (χ0v) is 14.9. The summed E-state index contributed by atoms with van der Waals surface area (Å²) in [5.41, 5.74) is 0.980. The van der Waals surface area contributed by atoms with Crippen LogP contribution in [0.1, 0.15) is 32.8 Å². The highest BCUT2D eigenvalue weighted by Gasteiger charge is 2.14. The fourth-order valence-electron chi connectivity index (χ4n) is 1.92. The van der Waals surface area contributed by atoms with Crippen molar-refractivity contribution in [1.29, 1.82) is 0 Å². The largest absolute Gasteiger partial charge is 0.335 e. The van der Waals surface area contributed by atoms with E-state index in [2.05, 4.69) is 24.5 Å². The molecule has 0 heterocycles. The molecule has 0 unspecified atom stereocenters. The van der Waals surface area contributed by atoms with Gasteiger partial charge in [-0.3, -0.25) is 0 Å². The smallest absolute Gasteiger partial charge is 0.319 e. The van der Waals surface area contributed by atoms with Gasteiger partial charge in [0.05, 0.1) is 16.5 Å². The Morgan fingerprint density at radius 3 is 2.50 bits per heavy atom. The first kappa shape index (κ1) is 18.8. The number of hydrogen-bond acceptors (Lipinski definition) is 3. The second kappa shape index (κ2) is 7.83. The number of urea groups is 1. The molecule has 0 radical (unpaired) electrons. The molecule has 7 heteroatoms. The van der Waals surface area contributed by atoms with E-state index >= 15 is 0 Å². The second-order valence-corrected chi connectivity index (χ2v) is 8.20. The van der Waals surface area contributed by atoms with Gasteiger partial charge in [-0.1, -0.05) is 37.9 Å². The molecular formula is C15H23ClN2O3S. The van der Waals surface area contributed by atoms with E-state index < -0.39 is 9.84 Å². The highest BCUT2D eigenvalue weighted by molar-refractivity contribution is 7.89. The Bertz CT molecular complexity index is 632. The fourth-order valence-corrected chi connectivity index (χ4v) is 2.87. The number of carbonyl (C=O) groups excluding carboxylic acids is 1. The van der Waals surface area contributed by atoms with Crippen LogP contribution in [0.15, 0.2) is 18.2 Å². The lowest BCUT2D eigenvalue weighted by Gasteiger charge is -2.20. The maximum absolute atomic E-state index is 12.0. The summed E-state index contributed by atoms with van der Waals surface area (Å²) in [6.45, 7) is 6.06. The maximum atomic E-state index is 12.0. The van der Waals surface area contributed by atoms with Gasteiger partial charge in [0.1, 0.15) is 0 Å². The van der Waals surface area contributed by atoms with Crippen LogP contribution in [0.25, 0.3) is 0 Å². The van der Waals surface area contributed by atoms with Gasteiger partial charge in [-0.15, -0.1) is 0 Å². The summed E-state index contributed by atoms with van der Waals surface area (Å²) < 4.78 is 22.7. The molecule has 0 fully saturated rings. The number of rotatable bonds is 6. The van der Waals surface area contributed by atoms with Crippen LogP contribution in [-0.2, 0) is 15.6 Å². The number of hydrogen-bond donors (Lipinski definition) is 2. The van der Waals surface area contributed by atoms with Gasteiger partial charge in [0.25, 0.3) is 0 Å². The number of sulfone groups is 1. The third kappa shape index (κ3) is 6.23. The topological polar surface area (TPSA) is 75.3 Å². The summed E-state index contributed by atoms with van der Waals surface area (Å²) in [4.78, 5) is 12.0. The molecule has 2 atom stereocenters. The molecule has 22 heavy (non-hydrogen) atoms. The van der Waals surface area contributed by atoms with Crippen LogP contribution < -0.4 is 10.6 Å². The lowest BCUT2D eigenvalue weighted by atomic mass is 10.0.